The number of carboxylic acid groups (broad SMARTS) is 1. The summed E-state index contributed by atoms with van der Waals surface area (Å²) in [6, 6.07) is 3.03. The van der Waals surface area contributed by atoms with Crippen molar-refractivity contribution in [2.24, 2.45) is 0 Å². The molecule has 1 aromatic heterocycles. The van der Waals surface area contributed by atoms with Crippen molar-refractivity contribution in [1.29, 1.82) is 0 Å². The molecular weight excluding hydrogens is 375 g/mol. The van der Waals surface area contributed by atoms with E-state index >= 15 is 0 Å². The van der Waals surface area contributed by atoms with Crippen LogP contribution < -0.4 is 4.74 Å². The van der Waals surface area contributed by atoms with Gasteiger partial charge in [-0.15, -0.1) is 0 Å². The van der Waals surface area contributed by atoms with Gasteiger partial charge in [0.05, 0.1) is 36.8 Å². The van der Waals surface area contributed by atoms with Gasteiger partial charge in [-0.05, 0) is 37.8 Å². The minimum absolute atomic E-state index is 0.0481. The molecule has 29 heavy (non-hydrogen) atoms. The van der Waals surface area contributed by atoms with Crippen molar-refractivity contribution in [3.05, 3.63) is 58.4 Å². The highest BCUT2D eigenvalue weighted by Crippen LogP contribution is 2.39. The SMILES string of the molecule is CCOc1c(Cc2ncc(C3CC3)nc2C(=O)O)ccc(F)c1C1=CCOCC1. The standard InChI is InChI=1S/C22H23FN2O4/c1-2-29-21-15(5-6-16(23)19(21)14-7-9-28-10-8-14)11-17-20(22(26)27)25-18(12-24-17)13-3-4-13/h5-7,12-13H,2-4,8-11H2,1H3,(H,26,27). The Bertz CT molecular complexity index is 970. The number of nitrogens with zero attached hydrogens (tertiary/aromatic N) is 2. The van der Waals surface area contributed by atoms with E-state index in [1.165, 1.54) is 6.07 Å². The molecular formula is C22H23FN2O4. The number of aromatic carboxylic acids is 1. The maximum atomic E-state index is 14.7. The molecule has 7 heteroatoms. The van der Waals surface area contributed by atoms with Crippen LogP contribution in [0.1, 0.15) is 65.1 Å². The van der Waals surface area contributed by atoms with Gasteiger partial charge < -0.3 is 14.6 Å². The molecule has 0 spiro atoms. The molecule has 2 aliphatic rings. The van der Waals surface area contributed by atoms with Gasteiger partial charge in [-0.1, -0.05) is 12.1 Å². The molecule has 1 aliphatic heterocycles. The predicted octanol–water partition coefficient (Wildman–Crippen LogP) is 3.98. The van der Waals surface area contributed by atoms with Gasteiger partial charge in [-0.25, -0.2) is 14.2 Å². The molecule has 1 fully saturated rings. The van der Waals surface area contributed by atoms with Gasteiger partial charge in [-0.2, -0.15) is 0 Å². The highest BCUT2D eigenvalue weighted by molar-refractivity contribution is 5.86. The molecule has 1 aromatic carbocycles. The summed E-state index contributed by atoms with van der Waals surface area (Å²) in [4.78, 5) is 20.5. The molecule has 1 saturated carbocycles. The maximum Gasteiger partial charge on any atom is 0.356 e. The van der Waals surface area contributed by atoms with Crippen LogP contribution in [0.3, 0.4) is 0 Å². The molecule has 6 nitrogen and oxygen atoms in total. The lowest BCUT2D eigenvalue weighted by Gasteiger charge is -2.20. The van der Waals surface area contributed by atoms with Gasteiger partial charge in [0.15, 0.2) is 5.69 Å². The third kappa shape index (κ3) is 4.15. The number of hydrogen-bond acceptors (Lipinski definition) is 5. The van der Waals surface area contributed by atoms with E-state index < -0.39 is 5.97 Å². The zero-order valence-corrected chi connectivity index (χ0v) is 16.3. The lowest BCUT2D eigenvalue weighted by atomic mass is 9.95. The van der Waals surface area contributed by atoms with Crippen LogP contribution in [0.15, 0.2) is 24.4 Å². The Morgan fingerprint density at radius 1 is 1.38 bits per heavy atom. The Hall–Kier alpha value is -2.80. The predicted molar refractivity (Wildman–Crippen MR) is 105 cm³/mol. The van der Waals surface area contributed by atoms with E-state index in [4.69, 9.17) is 9.47 Å². The first-order valence-corrected chi connectivity index (χ1v) is 9.89. The molecule has 2 heterocycles. The van der Waals surface area contributed by atoms with E-state index in [-0.39, 0.29) is 17.9 Å². The zero-order valence-electron chi connectivity index (χ0n) is 16.3. The number of halogens is 1. The number of rotatable bonds is 7. The summed E-state index contributed by atoms with van der Waals surface area (Å²) in [5.41, 5.74) is 2.98. The molecule has 0 radical (unpaired) electrons. The number of aromatic nitrogens is 2. The maximum absolute atomic E-state index is 14.7. The third-order valence-electron chi connectivity index (χ3n) is 5.18. The number of carbonyl (C=O) groups is 1. The van der Waals surface area contributed by atoms with Gasteiger partial charge in [0, 0.05) is 24.1 Å². The van der Waals surface area contributed by atoms with Gasteiger partial charge in [0.1, 0.15) is 11.6 Å². The minimum atomic E-state index is -1.11. The fourth-order valence-corrected chi connectivity index (χ4v) is 3.59. The largest absolute Gasteiger partial charge is 0.493 e. The Balaban J connectivity index is 1.75. The highest BCUT2D eigenvalue weighted by atomic mass is 19.1. The molecule has 1 aliphatic carbocycles. The second kappa shape index (κ2) is 8.29. The van der Waals surface area contributed by atoms with Crippen molar-refractivity contribution >= 4 is 11.5 Å². The number of hydrogen-bond donors (Lipinski definition) is 1. The molecule has 0 saturated heterocycles. The molecule has 1 N–H and O–H groups in total. The van der Waals surface area contributed by atoms with Crippen molar-refractivity contribution in [3.63, 3.8) is 0 Å². The average molecular weight is 398 g/mol. The summed E-state index contributed by atoms with van der Waals surface area (Å²) in [5, 5.41) is 9.63. The summed E-state index contributed by atoms with van der Waals surface area (Å²) in [6.07, 6.45) is 6.35. The lowest BCUT2D eigenvalue weighted by molar-refractivity contribution is 0.0688. The van der Waals surface area contributed by atoms with E-state index in [1.807, 2.05) is 13.0 Å². The van der Waals surface area contributed by atoms with Gasteiger partial charge in [0.25, 0.3) is 0 Å². The molecule has 2 aromatic rings. The summed E-state index contributed by atoms with van der Waals surface area (Å²) in [7, 11) is 0. The average Bonchev–Trinajstić information content (AvgIpc) is 3.56. The number of ether oxygens (including phenoxy) is 2. The van der Waals surface area contributed by atoms with E-state index in [2.05, 4.69) is 9.97 Å². The molecule has 0 atom stereocenters. The molecule has 0 bridgehead atoms. The third-order valence-corrected chi connectivity index (χ3v) is 5.18. The van der Waals surface area contributed by atoms with Crippen molar-refractivity contribution in [3.8, 4) is 5.75 Å². The first-order chi connectivity index (χ1) is 14.1. The lowest BCUT2D eigenvalue weighted by Crippen LogP contribution is -2.12. The van der Waals surface area contributed by atoms with Crippen LogP contribution in [0.5, 0.6) is 5.75 Å². The Kier molecular flexibility index (Phi) is 5.58. The van der Waals surface area contributed by atoms with Crippen LogP contribution in [-0.4, -0.2) is 40.9 Å². The van der Waals surface area contributed by atoms with Crippen LogP contribution in [0, 0.1) is 5.82 Å². The Morgan fingerprint density at radius 2 is 2.21 bits per heavy atom. The van der Waals surface area contributed by atoms with Crippen LogP contribution in [0.4, 0.5) is 4.39 Å². The molecule has 0 unspecified atom stereocenters. The van der Waals surface area contributed by atoms with E-state index in [9.17, 15) is 14.3 Å². The fourth-order valence-electron chi connectivity index (χ4n) is 3.59. The first kappa shape index (κ1) is 19.5. The van der Waals surface area contributed by atoms with Gasteiger partial charge >= 0.3 is 5.97 Å². The van der Waals surface area contributed by atoms with E-state index in [0.29, 0.717) is 54.7 Å². The van der Waals surface area contributed by atoms with E-state index in [1.54, 1.807) is 12.3 Å². The van der Waals surface area contributed by atoms with Crippen LogP contribution in [0.25, 0.3) is 5.57 Å². The quantitative estimate of drug-likeness (QED) is 0.760. The Labute approximate surface area is 168 Å². The first-order valence-electron chi connectivity index (χ1n) is 9.89. The van der Waals surface area contributed by atoms with Gasteiger partial charge in [-0.3, -0.25) is 4.98 Å². The van der Waals surface area contributed by atoms with Crippen LogP contribution in [-0.2, 0) is 11.2 Å². The van der Waals surface area contributed by atoms with Gasteiger partial charge in [0.2, 0.25) is 0 Å². The smallest absolute Gasteiger partial charge is 0.356 e. The summed E-state index contributed by atoms with van der Waals surface area (Å²) < 4.78 is 25.9. The second-order valence-corrected chi connectivity index (χ2v) is 7.24. The van der Waals surface area contributed by atoms with E-state index in [0.717, 1.165) is 24.1 Å². The summed E-state index contributed by atoms with van der Waals surface area (Å²) >= 11 is 0. The summed E-state index contributed by atoms with van der Waals surface area (Å²) in [5.74, 6) is -0.724. The number of benzene rings is 1. The fraction of sp³-hybridized carbons (Fsp3) is 0.409. The van der Waals surface area contributed by atoms with Crippen molar-refractivity contribution in [2.45, 2.75) is 38.5 Å². The highest BCUT2D eigenvalue weighted by Gasteiger charge is 2.28. The minimum Gasteiger partial charge on any atom is -0.493 e. The summed E-state index contributed by atoms with van der Waals surface area (Å²) in [6.45, 7) is 3.16. The second-order valence-electron chi connectivity index (χ2n) is 7.24. The van der Waals surface area contributed by atoms with Crippen molar-refractivity contribution in [2.75, 3.05) is 19.8 Å². The van der Waals surface area contributed by atoms with Crippen LogP contribution in [0.2, 0.25) is 0 Å². The Morgan fingerprint density at radius 3 is 2.86 bits per heavy atom. The molecule has 0 amide bonds. The van der Waals surface area contributed by atoms with Crippen molar-refractivity contribution in [1.82, 2.24) is 9.97 Å². The zero-order chi connectivity index (χ0) is 20.4. The number of carboxylic acids is 1. The topological polar surface area (TPSA) is 81.5 Å². The molecule has 152 valence electrons. The van der Waals surface area contributed by atoms with Crippen molar-refractivity contribution < 1.29 is 23.8 Å². The molecule has 4 rings (SSSR count). The normalized spacial score (nSPS) is 16.4. The van der Waals surface area contributed by atoms with Crippen LogP contribution >= 0.6 is 0 Å². The monoisotopic (exact) mass is 398 g/mol.